The van der Waals surface area contributed by atoms with Gasteiger partial charge in [0.1, 0.15) is 18.1 Å². The number of aromatic hydroxyl groups is 1. The zero-order valence-electron chi connectivity index (χ0n) is 10.6. The van der Waals surface area contributed by atoms with Gasteiger partial charge in [-0.05, 0) is 18.7 Å². The van der Waals surface area contributed by atoms with Crippen molar-refractivity contribution in [2.75, 3.05) is 26.7 Å². The molecule has 1 atom stereocenters. The number of fused-ring (bicyclic) bond motifs is 1. The van der Waals surface area contributed by atoms with E-state index in [2.05, 4.69) is 10.2 Å². The molecule has 1 unspecified atom stereocenters. The van der Waals surface area contributed by atoms with Crippen molar-refractivity contribution in [2.45, 2.75) is 13.0 Å². The topological polar surface area (TPSA) is 61.8 Å². The summed E-state index contributed by atoms with van der Waals surface area (Å²) in [6, 6.07) is 5.19. The normalized spacial score (nSPS) is 17.4. The number of carbonyl (C=O) groups is 1. The van der Waals surface area contributed by atoms with Crippen LogP contribution in [0.1, 0.15) is 18.5 Å². The maximum absolute atomic E-state index is 11.5. The molecule has 0 fully saturated rings. The fraction of sp³-hybridized carbons (Fsp3) is 0.462. The van der Waals surface area contributed by atoms with E-state index in [4.69, 9.17) is 4.74 Å². The van der Waals surface area contributed by atoms with Crippen LogP contribution in [0.3, 0.4) is 0 Å². The first-order chi connectivity index (χ1) is 8.65. The number of hydrogen-bond acceptors (Lipinski definition) is 4. The number of likely N-dealkylation sites (N-methyl/N-ethyl adjacent to an activating group) is 2. The van der Waals surface area contributed by atoms with Gasteiger partial charge in [0.05, 0.1) is 12.6 Å². The summed E-state index contributed by atoms with van der Waals surface area (Å²) in [7, 11) is 1.63. The third kappa shape index (κ3) is 2.41. The van der Waals surface area contributed by atoms with Crippen molar-refractivity contribution in [1.29, 1.82) is 0 Å². The van der Waals surface area contributed by atoms with E-state index in [1.54, 1.807) is 19.2 Å². The summed E-state index contributed by atoms with van der Waals surface area (Å²) in [6.07, 6.45) is 0. The highest BCUT2D eigenvalue weighted by atomic mass is 16.5. The summed E-state index contributed by atoms with van der Waals surface area (Å²) in [5.74, 6) is 0.892. The van der Waals surface area contributed by atoms with Gasteiger partial charge in [0, 0.05) is 18.7 Å². The predicted octanol–water partition coefficient (Wildman–Crippen LogP) is 0.894. The molecule has 0 saturated heterocycles. The summed E-state index contributed by atoms with van der Waals surface area (Å²) >= 11 is 0. The number of carbonyl (C=O) groups excluding carboxylic acids is 1. The molecule has 5 heteroatoms. The molecule has 0 bridgehead atoms. The molecule has 1 aromatic carbocycles. The lowest BCUT2D eigenvalue weighted by Gasteiger charge is -2.25. The highest BCUT2D eigenvalue weighted by Crippen LogP contribution is 2.37. The minimum absolute atomic E-state index is 0.0101. The number of hydrogen-bond donors (Lipinski definition) is 2. The summed E-state index contributed by atoms with van der Waals surface area (Å²) in [5.41, 5.74) is 1.03. The highest BCUT2D eigenvalue weighted by molar-refractivity contribution is 5.77. The van der Waals surface area contributed by atoms with Crippen LogP contribution >= 0.6 is 0 Å². The van der Waals surface area contributed by atoms with Crippen LogP contribution in [0.5, 0.6) is 11.5 Å². The lowest BCUT2D eigenvalue weighted by atomic mass is 10.1. The van der Waals surface area contributed by atoms with Crippen molar-refractivity contribution in [3.63, 3.8) is 0 Å². The van der Waals surface area contributed by atoms with E-state index in [0.29, 0.717) is 18.9 Å². The van der Waals surface area contributed by atoms with Crippen LogP contribution in [-0.2, 0) is 4.79 Å². The quantitative estimate of drug-likeness (QED) is 0.833. The molecule has 0 radical (unpaired) electrons. The average Bonchev–Trinajstić information content (AvgIpc) is 2.78. The van der Waals surface area contributed by atoms with Crippen molar-refractivity contribution in [2.24, 2.45) is 0 Å². The van der Waals surface area contributed by atoms with Crippen molar-refractivity contribution in [1.82, 2.24) is 10.2 Å². The largest absolute Gasteiger partial charge is 0.508 e. The molecule has 2 N–H and O–H groups in total. The Labute approximate surface area is 106 Å². The monoisotopic (exact) mass is 250 g/mol. The molecule has 0 saturated carbocycles. The van der Waals surface area contributed by atoms with Gasteiger partial charge >= 0.3 is 0 Å². The third-order valence-electron chi connectivity index (χ3n) is 3.23. The van der Waals surface area contributed by atoms with Crippen molar-refractivity contribution < 1.29 is 14.6 Å². The first-order valence-corrected chi connectivity index (χ1v) is 6.06. The smallest absolute Gasteiger partial charge is 0.233 e. The summed E-state index contributed by atoms with van der Waals surface area (Å²) in [6.45, 7) is 3.65. The first-order valence-electron chi connectivity index (χ1n) is 6.06. The van der Waals surface area contributed by atoms with E-state index in [0.717, 1.165) is 12.1 Å². The van der Waals surface area contributed by atoms with Gasteiger partial charge < -0.3 is 15.2 Å². The summed E-state index contributed by atoms with van der Waals surface area (Å²) in [4.78, 5) is 13.5. The number of nitrogens with one attached hydrogen (secondary N) is 1. The number of amides is 1. The molecule has 0 aliphatic carbocycles. The van der Waals surface area contributed by atoms with E-state index in [1.807, 2.05) is 13.0 Å². The highest BCUT2D eigenvalue weighted by Gasteiger charge is 2.29. The Morgan fingerprint density at radius 3 is 3.06 bits per heavy atom. The Hall–Kier alpha value is -1.75. The lowest BCUT2D eigenvalue weighted by molar-refractivity contribution is -0.122. The molecule has 1 aliphatic rings. The van der Waals surface area contributed by atoms with E-state index >= 15 is 0 Å². The van der Waals surface area contributed by atoms with E-state index in [1.165, 1.54) is 0 Å². The van der Waals surface area contributed by atoms with Gasteiger partial charge in [0.2, 0.25) is 5.91 Å². The standard InChI is InChI=1S/C13H18N2O3/c1-3-15(7-13(17)14-2)11-8-18-12-6-9(16)4-5-10(11)12/h4-6,11,16H,3,7-8H2,1-2H3,(H,14,17). The molecule has 18 heavy (non-hydrogen) atoms. The number of nitrogens with zero attached hydrogens (tertiary/aromatic N) is 1. The number of ether oxygens (including phenoxy) is 1. The van der Waals surface area contributed by atoms with Crippen molar-refractivity contribution in [3.05, 3.63) is 23.8 Å². The fourth-order valence-corrected chi connectivity index (χ4v) is 2.19. The van der Waals surface area contributed by atoms with E-state index < -0.39 is 0 Å². The predicted molar refractivity (Wildman–Crippen MR) is 67.7 cm³/mol. The second-order valence-corrected chi connectivity index (χ2v) is 4.29. The first kappa shape index (κ1) is 12.7. The second kappa shape index (κ2) is 5.27. The fourth-order valence-electron chi connectivity index (χ4n) is 2.19. The van der Waals surface area contributed by atoms with Crippen molar-refractivity contribution >= 4 is 5.91 Å². The number of rotatable bonds is 4. The van der Waals surface area contributed by atoms with Gasteiger partial charge in [-0.15, -0.1) is 0 Å². The van der Waals surface area contributed by atoms with Crippen LogP contribution in [-0.4, -0.2) is 42.7 Å². The Morgan fingerprint density at radius 1 is 1.61 bits per heavy atom. The van der Waals surface area contributed by atoms with Crippen LogP contribution in [0.25, 0.3) is 0 Å². The Morgan fingerprint density at radius 2 is 2.39 bits per heavy atom. The number of benzene rings is 1. The van der Waals surface area contributed by atoms with Crippen LogP contribution in [0.4, 0.5) is 0 Å². The summed E-state index contributed by atoms with van der Waals surface area (Å²) in [5, 5.41) is 12.0. The Bertz CT molecular complexity index is 448. The van der Waals surface area contributed by atoms with Crippen molar-refractivity contribution in [3.8, 4) is 11.5 Å². The van der Waals surface area contributed by atoms with Crippen LogP contribution in [0.15, 0.2) is 18.2 Å². The maximum Gasteiger partial charge on any atom is 0.233 e. The zero-order valence-corrected chi connectivity index (χ0v) is 10.6. The molecule has 5 nitrogen and oxygen atoms in total. The zero-order chi connectivity index (χ0) is 13.1. The molecular formula is C13H18N2O3. The Kier molecular flexibility index (Phi) is 3.72. The summed E-state index contributed by atoms with van der Waals surface area (Å²) < 4.78 is 5.56. The van der Waals surface area contributed by atoms with Gasteiger partial charge in [-0.25, -0.2) is 0 Å². The molecule has 98 valence electrons. The Balaban J connectivity index is 2.18. The van der Waals surface area contributed by atoms with Gasteiger partial charge in [-0.2, -0.15) is 0 Å². The van der Waals surface area contributed by atoms with Crippen LogP contribution < -0.4 is 10.1 Å². The second-order valence-electron chi connectivity index (χ2n) is 4.29. The minimum atomic E-state index is -0.0101. The van der Waals surface area contributed by atoms with Gasteiger partial charge in [-0.3, -0.25) is 9.69 Å². The van der Waals surface area contributed by atoms with Gasteiger partial charge in [0.15, 0.2) is 0 Å². The SMILES string of the molecule is CCN(CC(=O)NC)C1COc2cc(O)ccc21. The number of phenolic OH excluding ortho intramolecular Hbond substituents is 1. The van der Waals surface area contributed by atoms with Gasteiger partial charge in [0.25, 0.3) is 0 Å². The molecule has 1 aromatic rings. The van der Waals surface area contributed by atoms with Gasteiger partial charge in [-0.1, -0.05) is 6.92 Å². The van der Waals surface area contributed by atoms with Crippen LogP contribution in [0.2, 0.25) is 0 Å². The van der Waals surface area contributed by atoms with E-state index in [-0.39, 0.29) is 17.7 Å². The minimum Gasteiger partial charge on any atom is -0.508 e. The lowest BCUT2D eigenvalue weighted by Crippen LogP contribution is -2.38. The maximum atomic E-state index is 11.5. The van der Waals surface area contributed by atoms with Crippen LogP contribution in [0, 0.1) is 0 Å². The molecular weight excluding hydrogens is 232 g/mol. The molecule has 1 amide bonds. The molecule has 2 rings (SSSR count). The molecule has 0 aromatic heterocycles. The average molecular weight is 250 g/mol. The molecule has 1 heterocycles. The van der Waals surface area contributed by atoms with E-state index in [9.17, 15) is 9.90 Å². The molecule has 0 spiro atoms. The third-order valence-corrected chi connectivity index (χ3v) is 3.23. The molecule has 1 aliphatic heterocycles. The number of phenols is 1.